The lowest BCUT2D eigenvalue weighted by Crippen LogP contribution is -2.57. The van der Waals surface area contributed by atoms with E-state index >= 15 is 0 Å². The van der Waals surface area contributed by atoms with Crippen molar-refractivity contribution >= 4 is 29.2 Å². The SMILES string of the molecule is CN1CCn2nc(N=C3CC4CCC(NC3=O)OCc3c(NC(=O)N5CC(OC(C)(C)C)C5)cccc34)cc2C1. The van der Waals surface area contributed by atoms with E-state index in [4.69, 9.17) is 14.5 Å². The number of anilines is 1. The number of fused-ring (bicyclic) bond motifs is 6. The number of aliphatic imine (C=N–C) groups is 1. The zero-order valence-corrected chi connectivity index (χ0v) is 23.8. The summed E-state index contributed by atoms with van der Waals surface area (Å²) in [6.07, 6.45) is 1.66. The van der Waals surface area contributed by atoms with Gasteiger partial charge in [-0.05, 0) is 58.2 Å². The van der Waals surface area contributed by atoms with Gasteiger partial charge in [0.2, 0.25) is 0 Å². The first-order valence-electron chi connectivity index (χ1n) is 14.2. The summed E-state index contributed by atoms with van der Waals surface area (Å²) in [5.41, 5.74) is 4.09. The Kier molecular flexibility index (Phi) is 7.14. The summed E-state index contributed by atoms with van der Waals surface area (Å²) in [6.45, 7) is 10.1. The normalized spacial score (nSPS) is 24.8. The average Bonchev–Trinajstić information content (AvgIpc) is 3.25. The predicted molar refractivity (Wildman–Crippen MR) is 151 cm³/mol. The number of likely N-dealkylation sites (N-methyl/N-ethyl adjacent to an activating group) is 1. The molecule has 0 radical (unpaired) electrons. The number of aromatic nitrogens is 2. The Bertz CT molecular complexity index is 1320. The van der Waals surface area contributed by atoms with Crippen LogP contribution < -0.4 is 10.6 Å². The molecule has 4 aliphatic rings. The number of benzene rings is 1. The summed E-state index contributed by atoms with van der Waals surface area (Å²) in [6, 6.07) is 7.79. The van der Waals surface area contributed by atoms with Gasteiger partial charge in [-0.15, -0.1) is 0 Å². The van der Waals surface area contributed by atoms with Crippen LogP contribution in [0.25, 0.3) is 0 Å². The van der Waals surface area contributed by atoms with Crippen LogP contribution >= 0.6 is 0 Å². The second kappa shape index (κ2) is 10.6. The van der Waals surface area contributed by atoms with Crippen molar-refractivity contribution in [3.63, 3.8) is 0 Å². The summed E-state index contributed by atoms with van der Waals surface area (Å²) < 4.78 is 14.1. The van der Waals surface area contributed by atoms with Crippen molar-refractivity contribution in [2.75, 3.05) is 32.0 Å². The van der Waals surface area contributed by atoms with Gasteiger partial charge < -0.3 is 25.0 Å². The lowest BCUT2D eigenvalue weighted by Gasteiger charge is -2.42. The molecule has 5 heterocycles. The highest BCUT2D eigenvalue weighted by Crippen LogP contribution is 2.37. The standard InChI is InChI=1S/C29H39N7O4/c1-29(2,3)40-20-15-35(16-20)28(38)31-23-7-5-6-21-18-8-9-26(39-17-22(21)23)32-27(37)24(12-18)30-25-13-19-14-34(4)10-11-36(19)33-25/h5-7,13,18,20,26H,8-12,14-17H2,1-4H3,(H,31,38)(H,32,37). The summed E-state index contributed by atoms with van der Waals surface area (Å²) in [5, 5.41) is 10.8. The number of likely N-dealkylation sites (tertiary alicyclic amines) is 1. The molecule has 11 heteroatoms. The van der Waals surface area contributed by atoms with Crippen LogP contribution in [0.5, 0.6) is 0 Å². The molecule has 1 aromatic carbocycles. The van der Waals surface area contributed by atoms with Crippen LogP contribution in [0.3, 0.4) is 0 Å². The van der Waals surface area contributed by atoms with Gasteiger partial charge >= 0.3 is 6.03 Å². The number of amides is 3. The van der Waals surface area contributed by atoms with E-state index in [0.717, 1.165) is 48.6 Å². The van der Waals surface area contributed by atoms with Crippen molar-refractivity contribution in [1.29, 1.82) is 0 Å². The van der Waals surface area contributed by atoms with E-state index < -0.39 is 6.23 Å². The van der Waals surface area contributed by atoms with E-state index in [1.807, 2.05) is 43.7 Å². The van der Waals surface area contributed by atoms with Crippen molar-refractivity contribution in [3.05, 3.63) is 41.1 Å². The molecule has 2 atom stereocenters. The minimum absolute atomic E-state index is 0.0524. The van der Waals surface area contributed by atoms with Gasteiger partial charge in [-0.2, -0.15) is 5.10 Å². The Balaban J connectivity index is 1.22. The lowest BCUT2D eigenvalue weighted by atomic mass is 9.83. The summed E-state index contributed by atoms with van der Waals surface area (Å²) in [7, 11) is 2.09. The van der Waals surface area contributed by atoms with E-state index in [-0.39, 0.29) is 29.6 Å². The largest absolute Gasteiger partial charge is 0.369 e. The van der Waals surface area contributed by atoms with Gasteiger partial charge in [0.1, 0.15) is 11.9 Å². The maximum atomic E-state index is 13.2. The van der Waals surface area contributed by atoms with Crippen LogP contribution in [0.15, 0.2) is 29.3 Å². The highest BCUT2D eigenvalue weighted by Gasteiger charge is 2.35. The van der Waals surface area contributed by atoms with Gasteiger partial charge in [0.25, 0.3) is 5.91 Å². The average molecular weight is 550 g/mol. The maximum absolute atomic E-state index is 13.2. The summed E-state index contributed by atoms with van der Waals surface area (Å²) in [5.74, 6) is 0.421. The molecule has 2 fully saturated rings. The first-order chi connectivity index (χ1) is 19.1. The molecule has 6 rings (SSSR count). The van der Waals surface area contributed by atoms with E-state index in [0.29, 0.717) is 44.1 Å². The van der Waals surface area contributed by atoms with Gasteiger partial charge in [-0.1, -0.05) is 12.1 Å². The number of hydrogen-bond acceptors (Lipinski definition) is 7. The second-order valence-corrected chi connectivity index (χ2v) is 12.3. The van der Waals surface area contributed by atoms with Crippen molar-refractivity contribution in [2.45, 2.75) is 83.6 Å². The molecule has 11 nitrogen and oxygen atoms in total. The fourth-order valence-corrected chi connectivity index (χ4v) is 5.97. The van der Waals surface area contributed by atoms with Crippen LogP contribution in [0.1, 0.15) is 62.8 Å². The van der Waals surface area contributed by atoms with Crippen LogP contribution in [-0.2, 0) is 34.0 Å². The van der Waals surface area contributed by atoms with Crippen LogP contribution in [0.2, 0.25) is 0 Å². The molecule has 2 bridgehead atoms. The molecule has 1 aromatic heterocycles. The van der Waals surface area contributed by atoms with Gasteiger partial charge in [0, 0.05) is 36.8 Å². The van der Waals surface area contributed by atoms with E-state index in [9.17, 15) is 9.59 Å². The molecule has 0 aliphatic carbocycles. The highest BCUT2D eigenvalue weighted by atomic mass is 16.5. The monoisotopic (exact) mass is 549 g/mol. The minimum atomic E-state index is -0.424. The highest BCUT2D eigenvalue weighted by molar-refractivity contribution is 6.39. The van der Waals surface area contributed by atoms with Gasteiger partial charge in [0.15, 0.2) is 5.82 Å². The lowest BCUT2D eigenvalue weighted by molar-refractivity contribution is -0.120. The molecule has 2 unspecified atom stereocenters. The van der Waals surface area contributed by atoms with Crippen LogP contribution in [-0.4, -0.2) is 81.8 Å². The molecule has 0 spiro atoms. The van der Waals surface area contributed by atoms with Gasteiger partial charge in [-0.25, -0.2) is 9.79 Å². The number of urea groups is 1. The molecule has 2 N–H and O–H groups in total. The fraction of sp³-hybridized carbons (Fsp3) is 0.586. The smallest absolute Gasteiger partial charge is 0.322 e. The Morgan fingerprint density at radius 3 is 2.85 bits per heavy atom. The Hall–Kier alpha value is -3.28. The van der Waals surface area contributed by atoms with Gasteiger partial charge in [0.05, 0.1) is 43.6 Å². The molecule has 40 heavy (non-hydrogen) atoms. The van der Waals surface area contributed by atoms with Crippen molar-refractivity contribution in [2.24, 2.45) is 4.99 Å². The molecular formula is C29H39N7O4. The number of rotatable bonds is 3. The third-order valence-electron chi connectivity index (χ3n) is 7.97. The van der Waals surface area contributed by atoms with Crippen molar-refractivity contribution in [1.82, 2.24) is 24.9 Å². The number of nitrogens with one attached hydrogen (secondary N) is 2. The third kappa shape index (κ3) is 5.77. The number of carbonyl (C=O) groups excluding carboxylic acids is 2. The first-order valence-corrected chi connectivity index (χ1v) is 14.2. The Morgan fingerprint density at radius 1 is 1.23 bits per heavy atom. The molecule has 4 aliphatic heterocycles. The minimum Gasteiger partial charge on any atom is -0.369 e. The van der Waals surface area contributed by atoms with E-state index in [1.165, 1.54) is 0 Å². The first kappa shape index (κ1) is 26.9. The van der Waals surface area contributed by atoms with Gasteiger partial charge in [-0.3, -0.25) is 14.4 Å². The Morgan fingerprint density at radius 2 is 2.05 bits per heavy atom. The number of ether oxygens (including phenoxy) is 2. The fourth-order valence-electron chi connectivity index (χ4n) is 5.97. The zero-order valence-electron chi connectivity index (χ0n) is 23.8. The molecule has 214 valence electrons. The van der Waals surface area contributed by atoms with Crippen LogP contribution in [0.4, 0.5) is 16.3 Å². The molecule has 3 amide bonds. The number of nitrogens with zero attached hydrogens (tertiary/aromatic N) is 5. The maximum Gasteiger partial charge on any atom is 0.322 e. The molecule has 0 saturated carbocycles. The third-order valence-corrected chi connectivity index (χ3v) is 7.97. The molecule has 2 saturated heterocycles. The van der Waals surface area contributed by atoms with Crippen LogP contribution in [0, 0.1) is 0 Å². The zero-order chi connectivity index (χ0) is 28.0. The molecular weight excluding hydrogens is 510 g/mol. The molecule has 2 aromatic rings. The number of hydrogen-bond donors (Lipinski definition) is 2. The summed E-state index contributed by atoms with van der Waals surface area (Å²) in [4.78, 5) is 35.1. The van der Waals surface area contributed by atoms with E-state index in [2.05, 4.69) is 33.7 Å². The Labute approximate surface area is 234 Å². The number of carbonyl (C=O) groups is 2. The van der Waals surface area contributed by atoms with E-state index in [1.54, 1.807) is 4.90 Å². The topological polar surface area (TPSA) is 113 Å². The quantitative estimate of drug-likeness (QED) is 0.607. The van der Waals surface area contributed by atoms with Crippen molar-refractivity contribution < 1.29 is 19.1 Å². The predicted octanol–water partition coefficient (Wildman–Crippen LogP) is 3.37. The summed E-state index contributed by atoms with van der Waals surface area (Å²) >= 11 is 0. The van der Waals surface area contributed by atoms with Crippen molar-refractivity contribution in [3.8, 4) is 0 Å². The second-order valence-electron chi connectivity index (χ2n) is 12.3.